The molecule has 1 atom stereocenters. The predicted octanol–water partition coefficient (Wildman–Crippen LogP) is 3.88. The zero-order valence-corrected chi connectivity index (χ0v) is 15.2. The molecule has 0 radical (unpaired) electrons. The first-order valence-corrected chi connectivity index (χ1v) is 8.49. The molecule has 0 aliphatic carbocycles. The van der Waals surface area contributed by atoms with E-state index in [2.05, 4.69) is 10.4 Å². The molecule has 2 N–H and O–H groups in total. The Labute approximate surface area is 159 Å². The van der Waals surface area contributed by atoms with Crippen molar-refractivity contribution in [3.05, 3.63) is 75.0 Å². The fourth-order valence-electron chi connectivity index (χ4n) is 2.28. The van der Waals surface area contributed by atoms with Crippen LogP contribution in [0.15, 0.2) is 59.4 Å². The lowest BCUT2D eigenvalue weighted by Gasteiger charge is -2.15. The van der Waals surface area contributed by atoms with Crippen LogP contribution in [0.25, 0.3) is 5.69 Å². The van der Waals surface area contributed by atoms with Gasteiger partial charge in [0.2, 0.25) is 0 Å². The highest BCUT2D eigenvalue weighted by Crippen LogP contribution is 2.28. The Morgan fingerprint density at radius 1 is 1.15 bits per heavy atom. The SMILES string of the molecule is C[C@@H](Oc1ccc(Cl)cc1Cl)C(=O)Nc1cc(=O)n(-c2ccccc2)[nH]1. The quantitative estimate of drug-likeness (QED) is 0.692. The molecule has 1 aromatic heterocycles. The third kappa shape index (κ3) is 4.09. The summed E-state index contributed by atoms with van der Waals surface area (Å²) >= 11 is 11.9. The van der Waals surface area contributed by atoms with E-state index in [0.29, 0.717) is 21.5 Å². The average Bonchev–Trinajstić information content (AvgIpc) is 2.98. The van der Waals surface area contributed by atoms with Crippen molar-refractivity contribution >= 4 is 34.9 Å². The van der Waals surface area contributed by atoms with E-state index in [0.717, 1.165) is 0 Å². The zero-order valence-electron chi connectivity index (χ0n) is 13.7. The van der Waals surface area contributed by atoms with Crippen molar-refractivity contribution in [2.45, 2.75) is 13.0 Å². The first-order valence-electron chi connectivity index (χ1n) is 7.74. The number of halogens is 2. The standard InChI is InChI=1S/C18H15Cl2N3O3/c1-11(26-15-8-7-12(19)9-14(15)20)18(25)21-16-10-17(24)23(22-16)13-5-3-2-4-6-13/h2-11,22H,1H3,(H,21,25)/t11-/m1/s1. The molecule has 3 rings (SSSR count). The Kier molecular flexibility index (Phi) is 5.35. The van der Waals surface area contributed by atoms with Gasteiger partial charge in [-0.15, -0.1) is 0 Å². The number of aromatic amines is 1. The topological polar surface area (TPSA) is 76.1 Å². The number of benzene rings is 2. The minimum absolute atomic E-state index is 0.265. The molecule has 8 heteroatoms. The van der Waals surface area contributed by atoms with Crippen LogP contribution in [0.1, 0.15) is 6.92 Å². The summed E-state index contributed by atoms with van der Waals surface area (Å²) in [5.41, 5.74) is 0.371. The van der Waals surface area contributed by atoms with Crippen molar-refractivity contribution in [1.82, 2.24) is 9.78 Å². The molecule has 0 bridgehead atoms. The molecule has 0 unspecified atom stereocenters. The highest BCUT2D eigenvalue weighted by atomic mass is 35.5. The number of rotatable bonds is 5. The summed E-state index contributed by atoms with van der Waals surface area (Å²) in [5, 5.41) is 6.23. The predicted molar refractivity (Wildman–Crippen MR) is 102 cm³/mol. The van der Waals surface area contributed by atoms with Gasteiger partial charge in [0.1, 0.15) is 11.6 Å². The highest BCUT2D eigenvalue weighted by Gasteiger charge is 2.18. The highest BCUT2D eigenvalue weighted by molar-refractivity contribution is 6.35. The number of aromatic nitrogens is 2. The van der Waals surface area contributed by atoms with Gasteiger partial charge in [0.25, 0.3) is 11.5 Å². The number of hydrogen-bond donors (Lipinski definition) is 2. The lowest BCUT2D eigenvalue weighted by molar-refractivity contribution is -0.122. The molecule has 26 heavy (non-hydrogen) atoms. The van der Waals surface area contributed by atoms with Gasteiger partial charge < -0.3 is 10.1 Å². The summed E-state index contributed by atoms with van der Waals surface area (Å²) in [6.45, 7) is 1.58. The van der Waals surface area contributed by atoms with Crippen LogP contribution in [0, 0.1) is 0 Å². The first-order chi connectivity index (χ1) is 12.4. The molecule has 134 valence electrons. The van der Waals surface area contributed by atoms with Gasteiger partial charge in [-0.1, -0.05) is 41.4 Å². The first kappa shape index (κ1) is 18.1. The summed E-state index contributed by atoms with van der Waals surface area (Å²) in [7, 11) is 0. The average molecular weight is 392 g/mol. The largest absolute Gasteiger partial charge is 0.479 e. The monoisotopic (exact) mass is 391 g/mol. The van der Waals surface area contributed by atoms with E-state index in [1.54, 1.807) is 31.2 Å². The van der Waals surface area contributed by atoms with E-state index >= 15 is 0 Å². The summed E-state index contributed by atoms with van der Waals surface area (Å²) in [6, 6.07) is 15.1. The molecule has 3 aromatic rings. The Hall–Kier alpha value is -2.70. The van der Waals surface area contributed by atoms with Gasteiger partial charge in [-0.3, -0.25) is 14.7 Å². The van der Waals surface area contributed by atoms with Gasteiger partial charge in [-0.25, -0.2) is 4.68 Å². The molecule has 0 aliphatic rings. The third-order valence-corrected chi connectivity index (χ3v) is 4.09. The van der Waals surface area contributed by atoms with Crippen molar-refractivity contribution in [2.75, 3.05) is 5.32 Å². The maximum absolute atomic E-state index is 12.3. The molecular formula is C18H15Cl2N3O3. The Balaban J connectivity index is 1.71. The van der Waals surface area contributed by atoms with E-state index in [-0.39, 0.29) is 11.4 Å². The number of nitrogens with one attached hydrogen (secondary N) is 2. The van der Waals surface area contributed by atoms with Crippen LogP contribution in [0.4, 0.5) is 5.82 Å². The maximum Gasteiger partial charge on any atom is 0.273 e. The van der Waals surface area contributed by atoms with E-state index in [4.69, 9.17) is 27.9 Å². The number of H-pyrrole nitrogens is 1. The fourth-order valence-corrected chi connectivity index (χ4v) is 2.73. The Morgan fingerprint density at radius 3 is 2.58 bits per heavy atom. The molecule has 0 spiro atoms. The smallest absolute Gasteiger partial charge is 0.273 e. The van der Waals surface area contributed by atoms with Gasteiger partial charge in [0, 0.05) is 11.1 Å². The summed E-state index contributed by atoms with van der Waals surface area (Å²) in [6.07, 6.45) is -0.836. The van der Waals surface area contributed by atoms with E-state index in [9.17, 15) is 9.59 Å². The number of amides is 1. The normalized spacial score (nSPS) is 11.8. The summed E-state index contributed by atoms with van der Waals surface area (Å²) in [5.74, 6) is 0.174. The molecule has 0 saturated carbocycles. The van der Waals surface area contributed by atoms with E-state index in [1.807, 2.05) is 18.2 Å². The molecular weight excluding hydrogens is 377 g/mol. The molecule has 0 saturated heterocycles. The second-order valence-corrected chi connectivity index (χ2v) is 6.35. The van der Waals surface area contributed by atoms with Crippen molar-refractivity contribution in [3.63, 3.8) is 0 Å². The summed E-state index contributed by atoms with van der Waals surface area (Å²) < 4.78 is 6.88. The van der Waals surface area contributed by atoms with Crippen LogP contribution in [-0.2, 0) is 4.79 Å². The van der Waals surface area contributed by atoms with Gasteiger partial charge in [0.05, 0.1) is 10.7 Å². The van der Waals surface area contributed by atoms with Gasteiger partial charge >= 0.3 is 0 Å². The van der Waals surface area contributed by atoms with Crippen LogP contribution in [0.2, 0.25) is 10.0 Å². The van der Waals surface area contributed by atoms with Crippen molar-refractivity contribution in [3.8, 4) is 11.4 Å². The minimum atomic E-state index is -0.836. The maximum atomic E-state index is 12.3. The molecule has 6 nitrogen and oxygen atoms in total. The van der Waals surface area contributed by atoms with Gasteiger partial charge in [0.15, 0.2) is 6.10 Å². The second kappa shape index (κ2) is 7.68. The van der Waals surface area contributed by atoms with Crippen LogP contribution in [0.3, 0.4) is 0 Å². The Bertz CT molecular complexity index is 983. The molecule has 0 fully saturated rings. The summed E-state index contributed by atoms with van der Waals surface area (Å²) in [4.78, 5) is 24.4. The van der Waals surface area contributed by atoms with Crippen molar-refractivity contribution in [1.29, 1.82) is 0 Å². The number of anilines is 1. The number of para-hydroxylation sites is 1. The number of nitrogens with zero attached hydrogens (tertiary/aromatic N) is 1. The van der Waals surface area contributed by atoms with Crippen LogP contribution in [0.5, 0.6) is 5.75 Å². The van der Waals surface area contributed by atoms with Crippen LogP contribution in [-0.4, -0.2) is 21.8 Å². The Morgan fingerprint density at radius 2 is 1.88 bits per heavy atom. The number of hydrogen-bond acceptors (Lipinski definition) is 3. The van der Waals surface area contributed by atoms with Gasteiger partial charge in [-0.2, -0.15) is 0 Å². The van der Waals surface area contributed by atoms with Crippen LogP contribution < -0.4 is 15.6 Å². The zero-order chi connectivity index (χ0) is 18.7. The number of carbonyl (C=O) groups is 1. The lowest BCUT2D eigenvalue weighted by Crippen LogP contribution is -2.30. The fraction of sp³-hybridized carbons (Fsp3) is 0.111. The minimum Gasteiger partial charge on any atom is -0.479 e. The number of carbonyl (C=O) groups excluding carboxylic acids is 1. The second-order valence-electron chi connectivity index (χ2n) is 5.50. The third-order valence-electron chi connectivity index (χ3n) is 3.56. The lowest BCUT2D eigenvalue weighted by atomic mass is 10.3. The molecule has 2 aromatic carbocycles. The van der Waals surface area contributed by atoms with Gasteiger partial charge in [-0.05, 0) is 37.3 Å². The van der Waals surface area contributed by atoms with Crippen LogP contribution >= 0.6 is 23.2 Å². The van der Waals surface area contributed by atoms with E-state index in [1.165, 1.54) is 16.8 Å². The molecule has 1 heterocycles. The molecule has 1 amide bonds. The molecule has 0 aliphatic heterocycles. The van der Waals surface area contributed by atoms with Crippen molar-refractivity contribution in [2.24, 2.45) is 0 Å². The number of ether oxygens (including phenoxy) is 1. The van der Waals surface area contributed by atoms with E-state index < -0.39 is 12.0 Å². The van der Waals surface area contributed by atoms with Crippen molar-refractivity contribution < 1.29 is 9.53 Å².